The van der Waals surface area contributed by atoms with Crippen LogP contribution in [0.4, 0.5) is 0 Å². The number of benzene rings is 3. The molecule has 0 aliphatic carbocycles. The summed E-state index contributed by atoms with van der Waals surface area (Å²) in [5.41, 5.74) is 10.0. The van der Waals surface area contributed by atoms with E-state index in [9.17, 15) is 10.1 Å². The number of ether oxygens (including phenoxy) is 3. The van der Waals surface area contributed by atoms with E-state index >= 15 is 0 Å². The fraction of sp³-hybridized carbons (Fsp3) is 0.172. The summed E-state index contributed by atoms with van der Waals surface area (Å²) in [5, 5.41) is 11.1. The Bertz CT molecular complexity index is 1610. The van der Waals surface area contributed by atoms with Gasteiger partial charge in [0.2, 0.25) is 11.6 Å². The summed E-state index contributed by atoms with van der Waals surface area (Å²) in [5.74, 6) is 0.365. The number of aryl methyl sites for hydroxylation is 2. The molecule has 1 aromatic heterocycles. The molecule has 1 aliphatic rings. The third kappa shape index (κ3) is 4.37. The summed E-state index contributed by atoms with van der Waals surface area (Å²) in [6.07, 6.45) is 0. The number of rotatable bonds is 5. The molecule has 5 rings (SSSR count). The van der Waals surface area contributed by atoms with Crippen LogP contribution in [0.5, 0.6) is 17.2 Å². The van der Waals surface area contributed by atoms with Crippen molar-refractivity contribution in [1.29, 1.82) is 5.26 Å². The molecule has 2 N–H and O–H groups in total. The van der Waals surface area contributed by atoms with E-state index in [0.717, 1.165) is 27.8 Å². The Hall–Kier alpha value is -4.41. The van der Waals surface area contributed by atoms with Gasteiger partial charge in [-0.1, -0.05) is 29.8 Å². The summed E-state index contributed by atoms with van der Waals surface area (Å²) in [6, 6.07) is 18.2. The highest BCUT2D eigenvalue weighted by Gasteiger charge is 2.31. The molecule has 0 amide bonds. The van der Waals surface area contributed by atoms with Gasteiger partial charge in [-0.15, -0.1) is 0 Å². The first kappa shape index (κ1) is 24.3. The number of hydrogen-bond donors (Lipinski definition) is 1. The molecule has 186 valence electrons. The van der Waals surface area contributed by atoms with Crippen LogP contribution in [0.15, 0.2) is 70.5 Å². The van der Waals surface area contributed by atoms with Gasteiger partial charge in [0.15, 0.2) is 0 Å². The maximum absolute atomic E-state index is 13.0. The van der Waals surface area contributed by atoms with Crippen molar-refractivity contribution in [3.05, 3.63) is 99.1 Å². The normalized spacial score (nSPS) is 14.6. The van der Waals surface area contributed by atoms with Gasteiger partial charge in [-0.25, -0.2) is 4.79 Å². The van der Waals surface area contributed by atoms with Crippen LogP contribution in [0.1, 0.15) is 45.7 Å². The van der Waals surface area contributed by atoms with E-state index in [4.69, 9.17) is 36.0 Å². The van der Waals surface area contributed by atoms with Crippen molar-refractivity contribution >= 4 is 28.5 Å². The van der Waals surface area contributed by atoms with Crippen molar-refractivity contribution in [2.75, 3.05) is 6.61 Å². The number of nitrogens with zero attached hydrogens (tertiary/aromatic N) is 1. The molecular weight excluding hydrogens is 492 g/mol. The van der Waals surface area contributed by atoms with Gasteiger partial charge in [0.1, 0.15) is 34.5 Å². The van der Waals surface area contributed by atoms with Crippen LogP contribution in [-0.2, 0) is 0 Å². The van der Waals surface area contributed by atoms with Crippen LogP contribution in [-0.4, -0.2) is 12.6 Å². The number of carbonyl (C=O) groups is 1. The van der Waals surface area contributed by atoms with E-state index in [0.29, 0.717) is 34.1 Å². The quantitative estimate of drug-likeness (QED) is 0.238. The summed E-state index contributed by atoms with van der Waals surface area (Å²) < 4.78 is 22.7. The van der Waals surface area contributed by atoms with Crippen LogP contribution in [0, 0.1) is 25.2 Å². The third-order valence-corrected chi connectivity index (χ3v) is 6.74. The van der Waals surface area contributed by atoms with E-state index in [1.54, 1.807) is 37.3 Å². The standard InChI is InChI=1S/C29H23ClN2O5/c1-4-34-18-7-5-17(6-8-18)26-20-10-9-19(12-25(20)37-28(32)22(26)14-31)35-29(33)27-16(3)21-13-23(30)15(2)11-24(21)36-27/h5-13,26H,4,32H2,1-3H3. The number of furan rings is 1. The molecule has 0 spiro atoms. The lowest BCUT2D eigenvalue weighted by molar-refractivity contribution is 0.0702. The molecule has 0 saturated carbocycles. The van der Waals surface area contributed by atoms with Gasteiger partial charge in [-0.05, 0) is 62.2 Å². The third-order valence-electron chi connectivity index (χ3n) is 6.33. The van der Waals surface area contributed by atoms with Gasteiger partial charge in [0, 0.05) is 27.6 Å². The minimum Gasteiger partial charge on any atom is -0.494 e. The lowest BCUT2D eigenvalue weighted by atomic mass is 9.83. The summed E-state index contributed by atoms with van der Waals surface area (Å²) in [6.45, 7) is 6.11. The maximum Gasteiger partial charge on any atom is 0.379 e. The van der Waals surface area contributed by atoms with E-state index in [2.05, 4.69) is 6.07 Å². The van der Waals surface area contributed by atoms with Crippen molar-refractivity contribution in [3.63, 3.8) is 0 Å². The lowest BCUT2D eigenvalue weighted by Gasteiger charge is -2.26. The second kappa shape index (κ2) is 9.57. The van der Waals surface area contributed by atoms with Crippen molar-refractivity contribution < 1.29 is 23.4 Å². The number of esters is 1. The number of carbonyl (C=O) groups excluding carboxylic acids is 1. The van der Waals surface area contributed by atoms with Crippen LogP contribution < -0.4 is 19.9 Å². The van der Waals surface area contributed by atoms with Crippen LogP contribution in [0.25, 0.3) is 11.0 Å². The molecule has 3 aromatic carbocycles. The maximum atomic E-state index is 13.0. The number of hydrogen-bond acceptors (Lipinski definition) is 7. The fourth-order valence-electron chi connectivity index (χ4n) is 4.45. The Labute approximate surface area is 218 Å². The summed E-state index contributed by atoms with van der Waals surface area (Å²) in [4.78, 5) is 13.0. The zero-order valence-corrected chi connectivity index (χ0v) is 21.2. The van der Waals surface area contributed by atoms with Gasteiger partial charge in [-0.3, -0.25) is 0 Å². The molecule has 8 heteroatoms. The van der Waals surface area contributed by atoms with Gasteiger partial charge in [-0.2, -0.15) is 5.26 Å². The molecule has 7 nitrogen and oxygen atoms in total. The van der Waals surface area contributed by atoms with E-state index in [-0.39, 0.29) is 17.4 Å². The molecule has 1 unspecified atom stereocenters. The first-order valence-corrected chi connectivity index (χ1v) is 12.0. The van der Waals surface area contributed by atoms with Crippen LogP contribution in [0.3, 0.4) is 0 Å². The predicted molar refractivity (Wildman–Crippen MR) is 139 cm³/mol. The first-order chi connectivity index (χ1) is 17.8. The highest BCUT2D eigenvalue weighted by atomic mass is 35.5. The Balaban J connectivity index is 1.47. The second-order valence-corrected chi connectivity index (χ2v) is 9.08. The summed E-state index contributed by atoms with van der Waals surface area (Å²) in [7, 11) is 0. The van der Waals surface area contributed by atoms with Crippen molar-refractivity contribution in [1.82, 2.24) is 0 Å². The zero-order valence-electron chi connectivity index (χ0n) is 20.4. The molecule has 2 heterocycles. The minimum atomic E-state index is -0.650. The number of halogens is 1. The minimum absolute atomic E-state index is 0.00209. The Morgan fingerprint density at radius 3 is 2.54 bits per heavy atom. The van der Waals surface area contributed by atoms with Gasteiger partial charge in [0.25, 0.3) is 0 Å². The molecule has 37 heavy (non-hydrogen) atoms. The fourth-order valence-corrected chi connectivity index (χ4v) is 4.62. The molecule has 0 radical (unpaired) electrons. The summed E-state index contributed by atoms with van der Waals surface area (Å²) >= 11 is 6.24. The number of allylic oxidation sites excluding steroid dienone is 1. The Kier molecular flexibility index (Phi) is 6.28. The number of fused-ring (bicyclic) bond motifs is 2. The highest BCUT2D eigenvalue weighted by Crippen LogP contribution is 2.44. The number of nitrogens with two attached hydrogens (primary N) is 1. The molecule has 0 saturated heterocycles. The average Bonchev–Trinajstić information content (AvgIpc) is 3.19. The van der Waals surface area contributed by atoms with Crippen LogP contribution in [0.2, 0.25) is 5.02 Å². The molecule has 4 aromatic rings. The van der Waals surface area contributed by atoms with Crippen molar-refractivity contribution in [3.8, 4) is 23.3 Å². The Morgan fingerprint density at radius 1 is 1.11 bits per heavy atom. The van der Waals surface area contributed by atoms with E-state index in [1.165, 1.54) is 0 Å². The van der Waals surface area contributed by atoms with Crippen molar-refractivity contribution in [2.45, 2.75) is 26.7 Å². The highest BCUT2D eigenvalue weighted by molar-refractivity contribution is 6.32. The van der Waals surface area contributed by atoms with Gasteiger partial charge < -0.3 is 24.4 Å². The van der Waals surface area contributed by atoms with E-state index in [1.807, 2.05) is 38.1 Å². The lowest BCUT2D eigenvalue weighted by Crippen LogP contribution is -2.21. The number of nitriles is 1. The molecular formula is C29H23ClN2O5. The molecule has 0 fully saturated rings. The van der Waals surface area contributed by atoms with E-state index < -0.39 is 11.9 Å². The zero-order chi connectivity index (χ0) is 26.3. The molecule has 0 bridgehead atoms. The monoisotopic (exact) mass is 514 g/mol. The predicted octanol–water partition coefficient (Wildman–Crippen LogP) is 6.54. The topological polar surface area (TPSA) is 108 Å². The largest absolute Gasteiger partial charge is 0.494 e. The average molecular weight is 515 g/mol. The SMILES string of the molecule is CCOc1ccc(C2C(C#N)=C(N)Oc3cc(OC(=O)c4oc5cc(C)c(Cl)cc5c4C)ccc32)cc1. The second-order valence-electron chi connectivity index (χ2n) is 8.67. The van der Waals surface area contributed by atoms with Crippen LogP contribution >= 0.6 is 11.6 Å². The molecule has 1 atom stereocenters. The Morgan fingerprint density at radius 2 is 1.84 bits per heavy atom. The smallest absolute Gasteiger partial charge is 0.379 e. The molecule has 1 aliphatic heterocycles. The van der Waals surface area contributed by atoms with Crippen molar-refractivity contribution in [2.24, 2.45) is 5.73 Å². The first-order valence-electron chi connectivity index (χ1n) is 11.7. The van der Waals surface area contributed by atoms with Gasteiger partial charge >= 0.3 is 5.97 Å². The van der Waals surface area contributed by atoms with Gasteiger partial charge in [0.05, 0.1) is 12.5 Å².